The average molecular weight is 364 g/mol. The van der Waals surface area contributed by atoms with Gasteiger partial charge in [0, 0.05) is 18.7 Å². The highest BCUT2D eigenvalue weighted by Crippen LogP contribution is 2.24. The second kappa shape index (κ2) is 8.11. The monoisotopic (exact) mass is 364 g/mol. The fourth-order valence-corrected chi connectivity index (χ4v) is 3.94. The summed E-state index contributed by atoms with van der Waals surface area (Å²) in [7, 11) is 3.90. The predicted octanol–water partition coefficient (Wildman–Crippen LogP) is 3.80. The first-order valence-corrected chi connectivity index (χ1v) is 9.71. The molecule has 4 rings (SSSR count). The Morgan fingerprint density at radius 2 is 1.93 bits per heavy atom. The summed E-state index contributed by atoms with van der Waals surface area (Å²) in [5.41, 5.74) is 4.72. The summed E-state index contributed by atoms with van der Waals surface area (Å²) in [6.07, 6.45) is 2.62. The SMILES string of the molecule is COc1ccc(CN(C)Cc2nc3ccccc3[nH]2)cc1CN1CCCC1. The molecular formula is C22H28N4O. The summed E-state index contributed by atoms with van der Waals surface area (Å²) in [5.74, 6) is 2.00. The molecule has 0 unspecified atom stereocenters. The van der Waals surface area contributed by atoms with Crippen molar-refractivity contribution in [2.75, 3.05) is 27.2 Å². The highest BCUT2D eigenvalue weighted by molar-refractivity contribution is 5.74. The molecule has 0 atom stereocenters. The number of aromatic nitrogens is 2. The maximum Gasteiger partial charge on any atom is 0.123 e. The molecule has 0 aliphatic carbocycles. The Morgan fingerprint density at radius 1 is 1.11 bits per heavy atom. The van der Waals surface area contributed by atoms with Crippen molar-refractivity contribution in [1.29, 1.82) is 0 Å². The average Bonchev–Trinajstić information content (AvgIpc) is 3.30. The van der Waals surface area contributed by atoms with Crippen LogP contribution in [0, 0.1) is 0 Å². The minimum atomic E-state index is 0.794. The minimum absolute atomic E-state index is 0.794. The molecule has 0 saturated carbocycles. The zero-order valence-corrected chi connectivity index (χ0v) is 16.2. The summed E-state index contributed by atoms with van der Waals surface area (Å²) < 4.78 is 5.59. The van der Waals surface area contributed by atoms with E-state index in [1.807, 2.05) is 18.2 Å². The van der Waals surface area contributed by atoms with E-state index in [-0.39, 0.29) is 0 Å². The number of hydrogen-bond acceptors (Lipinski definition) is 4. The third-order valence-electron chi connectivity index (χ3n) is 5.25. The van der Waals surface area contributed by atoms with Crippen LogP contribution in [0.25, 0.3) is 11.0 Å². The van der Waals surface area contributed by atoms with Gasteiger partial charge in [0.25, 0.3) is 0 Å². The van der Waals surface area contributed by atoms with Gasteiger partial charge in [-0.15, -0.1) is 0 Å². The van der Waals surface area contributed by atoms with Gasteiger partial charge in [-0.05, 0) is 62.8 Å². The molecule has 0 radical (unpaired) electrons. The first-order valence-electron chi connectivity index (χ1n) is 9.71. The van der Waals surface area contributed by atoms with E-state index in [2.05, 4.69) is 51.1 Å². The van der Waals surface area contributed by atoms with Crippen molar-refractivity contribution in [2.24, 2.45) is 0 Å². The maximum absolute atomic E-state index is 5.59. The number of imidazole rings is 1. The van der Waals surface area contributed by atoms with Crippen LogP contribution in [0.3, 0.4) is 0 Å². The van der Waals surface area contributed by atoms with E-state index in [0.717, 1.165) is 42.2 Å². The topological polar surface area (TPSA) is 44.4 Å². The van der Waals surface area contributed by atoms with Gasteiger partial charge in [0.05, 0.1) is 24.7 Å². The third kappa shape index (κ3) is 4.31. The Balaban J connectivity index is 1.44. The molecule has 27 heavy (non-hydrogen) atoms. The number of ether oxygens (including phenoxy) is 1. The minimum Gasteiger partial charge on any atom is -0.496 e. The highest BCUT2D eigenvalue weighted by Gasteiger charge is 2.15. The standard InChI is InChI=1S/C22H28N4O/c1-25(16-22-23-19-7-3-4-8-20(19)24-22)14-17-9-10-21(27-2)18(13-17)15-26-11-5-6-12-26/h3-4,7-10,13H,5-6,11-12,14-16H2,1-2H3,(H,23,24). The van der Waals surface area contributed by atoms with Gasteiger partial charge in [-0.3, -0.25) is 9.80 Å². The van der Waals surface area contributed by atoms with Crippen LogP contribution in [0.2, 0.25) is 0 Å². The number of H-pyrrole nitrogens is 1. The van der Waals surface area contributed by atoms with Crippen molar-refractivity contribution in [2.45, 2.75) is 32.5 Å². The van der Waals surface area contributed by atoms with Crippen LogP contribution in [0.4, 0.5) is 0 Å². The van der Waals surface area contributed by atoms with Gasteiger partial charge < -0.3 is 9.72 Å². The van der Waals surface area contributed by atoms with E-state index < -0.39 is 0 Å². The Labute approximate surface area is 161 Å². The van der Waals surface area contributed by atoms with Crippen LogP contribution in [0.1, 0.15) is 29.8 Å². The van der Waals surface area contributed by atoms with Crippen LogP contribution in [-0.4, -0.2) is 47.0 Å². The van der Waals surface area contributed by atoms with Gasteiger partial charge in [-0.25, -0.2) is 4.98 Å². The summed E-state index contributed by atoms with van der Waals surface area (Å²) in [5, 5.41) is 0. The van der Waals surface area contributed by atoms with Crippen LogP contribution >= 0.6 is 0 Å². The number of nitrogens with one attached hydrogen (secondary N) is 1. The Bertz CT molecular complexity index is 865. The third-order valence-corrected chi connectivity index (χ3v) is 5.25. The van der Waals surface area contributed by atoms with Gasteiger partial charge >= 0.3 is 0 Å². The molecule has 0 bridgehead atoms. The van der Waals surface area contributed by atoms with Crippen LogP contribution in [0.5, 0.6) is 5.75 Å². The van der Waals surface area contributed by atoms with E-state index in [1.165, 1.54) is 37.1 Å². The van der Waals surface area contributed by atoms with Crippen molar-refractivity contribution >= 4 is 11.0 Å². The molecule has 0 amide bonds. The summed E-state index contributed by atoms with van der Waals surface area (Å²) >= 11 is 0. The predicted molar refractivity (Wildman–Crippen MR) is 109 cm³/mol. The molecule has 1 aliphatic heterocycles. The summed E-state index contributed by atoms with van der Waals surface area (Å²) in [4.78, 5) is 12.9. The lowest BCUT2D eigenvalue weighted by atomic mass is 10.1. The van der Waals surface area contributed by atoms with E-state index in [0.29, 0.717) is 0 Å². The Morgan fingerprint density at radius 3 is 2.70 bits per heavy atom. The van der Waals surface area contributed by atoms with Crippen LogP contribution in [-0.2, 0) is 19.6 Å². The first-order chi connectivity index (χ1) is 13.2. The van der Waals surface area contributed by atoms with Gasteiger partial charge in [0.1, 0.15) is 11.6 Å². The number of likely N-dealkylation sites (tertiary alicyclic amines) is 1. The molecule has 2 aromatic carbocycles. The fraction of sp³-hybridized carbons (Fsp3) is 0.409. The normalized spacial score (nSPS) is 15.1. The molecule has 2 heterocycles. The van der Waals surface area contributed by atoms with E-state index in [9.17, 15) is 0 Å². The lowest BCUT2D eigenvalue weighted by molar-refractivity contribution is 0.308. The largest absolute Gasteiger partial charge is 0.496 e. The van der Waals surface area contributed by atoms with Crippen molar-refractivity contribution < 1.29 is 4.74 Å². The molecule has 1 fully saturated rings. The quantitative estimate of drug-likeness (QED) is 0.693. The first kappa shape index (κ1) is 18.0. The number of para-hydroxylation sites is 2. The van der Waals surface area contributed by atoms with Crippen molar-refractivity contribution in [3.05, 3.63) is 59.4 Å². The second-order valence-electron chi connectivity index (χ2n) is 7.50. The molecule has 0 spiro atoms. The van der Waals surface area contributed by atoms with E-state index in [1.54, 1.807) is 7.11 Å². The van der Waals surface area contributed by atoms with Crippen molar-refractivity contribution in [3.63, 3.8) is 0 Å². The fourth-order valence-electron chi connectivity index (χ4n) is 3.94. The van der Waals surface area contributed by atoms with Gasteiger partial charge in [-0.1, -0.05) is 18.2 Å². The summed E-state index contributed by atoms with van der Waals surface area (Å²) in [6.45, 7) is 5.04. The van der Waals surface area contributed by atoms with Gasteiger partial charge in [0.15, 0.2) is 0 Å². The van der Waals surface area contributed by atoms with Crippen LogP contribution in [0.15, 0.2) is 42.5 Å². The molecule has 142 valence electrons. The molecule has 1 saturated heterocycles. The van der Waals surface area contributed by atoms with Crippen molar-refractivity contribution in [3.8, 4) is 5.75 Å². The Kier molecular flexibility index (Phi) is 5.41. The molecule has 1 aromatic heterocycles. The lowest BCUT2D eigenvalue weighted by Crippen LogP contribution is -2.20. The molecule has 3 aromatic rings. The van der Waals surface area contributed by atoms with E-state index >= 15 is 0 Å². The molecule has 1 aliphatic rings. The zero-order valence-electron chi connectivity index (χ0n) is 16.2. The second-order valence-corrected chi connectivity index (χ2v) is 7.50. The number of fused-ring (bicyclic) bond motifs is 1. The Hall–Kier alpha value is -2.37. The number of nitrogens with zero attached hydrogens (tertiary/aromatic N) is 3. The number of aromatic amines is 1. The highest BCUT2D eigenvalue weighted by atomic mass is 16.5. The van der Waals surface area contributed by atoms with Crippen molar-refractivity contribution in [1.82, 2.24) is 19.8 Å². The van der Waals surface area contributed by atoms with Crippen LogP contribution < -0.4 is 4.74 Å². The lowest BCUT2D eigenvalue weighted by Gasteiger charge is -2.20. The smallest absolute Gasteiger partial charge is 0.123 e. The molecule has 1 N–H and O–H groups in total. The number of hydrogen-bond donors (Lipinski definition) is 1. The van der Waals surface area contributed by atoms with E-state index in [4.69, 9.17) is 4.74 Å². The number of methoxy groups -OCH3 is 1. The van der Waals surface area contributed by atoms with Gasteiger partial charge in [0.2, 0.25) is 0 Å². The maximum atomic E-state index is 5.59. The molecule has 5 nitrogen and oxygen atoms in total. The molecule has 5 heteroatoms. The summed E-state index contributed by atoms with van der Waals surface area (Å²) in [6, 6.07) is 14.7. The molecular weight excluding hydrogens is 336 g/mol. The zero-order chi connectivity index (χ0) is 18.6. The van der Waals surface area contributed by atoms with Gasteiger partial charge in [-0.2, -0.15) is 0 Å². The number of benzene rings is 2. The number of rotatable bonds is 7.